The van der Waals surface area contributed by atoms with E-state index in [4.69, 9.17) is 17.3 Å². The Morgan fingerprint density at radius 2 is 2.10 bits per heavy atom. The lowest BCUT2D eigenvalue weighted by Gasteiger charge is -2.34. The van der Waals surface area contributed by atoms with Crippen LogP contribution in [0.25, 0.3) is 0 Å². The first kappa shape index (κ1) is 16.1. The number of nitrogens with one attached hydrogen (secondary N) is 1. The van der Waals surface area contributed by atoms with E-state index >= 15 is 0 Å². The zero-order valence-corrected chi connectivity index (χ0v) is 13.4. The van der Waals surface area contributed by atoms with Crippen molar-refractivity contribution in [2.45, 2.75) is 18.9 Å². The van der Waals surface area contributed by atoms with Crippen LogP contribution in [0.3, 0.4) is 0 Å². The molecule has 0 aromatic heterocycles. The van der Waals surface area contributed by atoms with Gasteiger partial charge in [-0.1, -0.05) is 11.6 Å². The van der Waals surface area contributed by atoms with E-state index in [-0.39, 0.29) is 5.91 Å². The monoisotopic (exact) mass is 310 g/mol. The molecular weight excluding hydrogens is 288 g/mol. The van der Waals surface area contributed by atoms with Gasteiger partial charge < -0.3 is 16.0 Å². The average Bonchev–Trinajstić information content (AvgIpc) is 2.42. The number of anilines is 2. The largest absolute Gasteiger partial charge is 0.397 e. The Balaban J connectivity index is 1.83. The van der Waals surface area contributed by atoms with Crippen molar-refractivity contribution in [1.29, 1.82) is 0 Å². The highest BCUT2D eigenvalue weighted by molar-refractivity contribution is 6.31. The topological polar surface area (TPSA) is 61.6 Å². The van der Waals surface area contributed by atoms with Gasteiger partial charge in [-0.25, -0.2) is 0 Å². The maximum absolute atomic E-state index is 12.1. The summed E-state index contributed by atoms with van der Waals surface area (Å²) in [6.07, 6.45) is 2.20. The zero-order valence-electron chi connectivity index (χ0n) is 12.6. The van der Waals surface area contributed by atoms with Gasteiger partial charge in [0.2, 0.25) is 5.91 Å². The number of piperidine rings is 1. The summed E-state index contributed by atoms with van der Waals surface area (Å²) in [5, 5.41) is 3.41. The van der Waals surface area contributed by atoms with Crippen LogP contribution in [0, 0.1) is 0 Å². The molecule has 0 saturated carbocycles. The lowest BCUT2D eigenvalue weighted by atomic mass is 10.0. The van der Waals surface area contributed by atoms with Crippen LogP contribution in [0.2, 0.25) is 5.02 Å². The number of benzene rings is 1. The van der Waals surface area contributed by atoms with Crippen LogP contribution in [0.15, 0.2) is 18.2 Å². The Labute approximate surface area is 131 Å². The smallest absolute Gasteiger partial charge is 0.238 e. The number of nitrogens with zero attached hydrogens (tertiary/aromatic N) is 2. The molecule has 21 heavy (non-hydrogen) atoms. The van der Waals surface area contributed by atoms with Gasteiger partial charge >= 0.3 is 0 Å². The summed E-state index contributed by atoms with van der Waals surface area (Å²) in [6.45, 7) is 2.31. The van der Waals surface area contributed by atoms with E-state index in [1.54, 1.807) is 18.2 Å². The molecular formula is C15H23ClN4O. The number of nitrogens with two attached hydrogens (primary N) is 1. The Morgan fingerprint density at radius 3 is 2.67 bits per heavy atom. The zero-order chi connectivity index (χ0) is 15.4. The van der Waals surface area contributed by atoms with Crippen LogP contribution < -0.4 is 11.1 Å². The molecule has 0 radical (unpaired) electrons. The van der Waals surface area contributed by atoms with Gasteiger partial charge in [-0.2, -0.15) is 0 Å². The molecule has 2 rings (SSSR count). The predicted octanol–water partition coefficient (Wildman–Crippen LogP) is 1.89. The fourth-order valence-corrected chi connectivity index (χ4v) is 2.81. The van der Waals surface area contributed by atoms with Crippen LogP contribution >= 0.6 is 11.6 Å². The van der Waals surface area contributed by atoms with Gasteiger partial charge in [-0.3, -0.25) is 9.69 Å². The second-order valence-electron chi connectivity index (χ2n) is 5.75. The first-order valence-corrected chi connectivity index (χ1v) is 7.57. The number of halogens is 1. The highest BCUT2D eigenvalue weighted by atomic mass is 35.5. The SMILES string of the molecule is CN(C)C1CCN(CC(=O)Nc2ccc(Cl)cc2N)CC1. The third kappa shape index (κ3) is 4.59. The Hall–Kier alpha value is -1.30. The molecule has 1 saturated heterocycles. The van der Waals surface area contributed by atoms with Crippen LogP contribution in [-0.2, 0) is 4.79 Å². The third-order valence-corrected chi connectivity index (χ3v) is 4.18. The van der Waals surface area contributed by atoms with Gasteiger partial charge in [0.1, 0.15) is 0 Å². The summed E-state index contributed by atoms with van der Waals surface area (Å²) in [5.41, 5.74) is 6.94. The van der Waals surface area contributed by atoms with Crippen molar-refractivity contribution in [2.75, 3.05) is 44.8 Å². The van der Waals surface area contributed by atoms with Gasteiger partial charge in [-0.15, -0.1) is 0 Å². The van der Waals surface area contributed by atoms with Crippen LogP contribution in [0.4, 0.5) is 11.4 Å². The maximum Gasteiger partial charge on any atom is 0.238 e. The lowest BCUT2D eigenvalue weighted by molar-refractivity contribution is -0.117. The summed E-state index contributed by atoms with van der Waals surface area (Å²) in [7, 11) is 4.21. The number of hydrogen-bond donors (Lipinski definition) is 2. The molecule has 1 aromatic rings. The summed E-state index contributed by atoms with van der Waals surface area (Å²) in [6, 6.07) is 5.71. The second kappa shape index (κ2) is 7.11. The molecule has 0 spiro atoms. The van der Waals surface area contributed by atoms with Crippen molar-refractivity contribution in [3.63, 3.8) is 0 Å². The molecule has 0 aliphatic carbocycles. The predicted molar refractivity (Wildman–Crippen MR) is 87.6 cm³/mol. The molecule has 1 aliphatic heterocycles. The summed E-state index contributed by atoms with van der Waals surface area (Å²) in [5.74, 6) is -0.0349. The second-order valence-corrected chi connectivity index (χ2v) is 6.19. The number of amides is 1. The van der Waals surface area contributed by atoms with Gasteiger partial charge in [0.05, 0.1) is 17.9 Å². The minimum absolute atomic E-state index is 0.0349. The van der Waals surface area contributed by atoms with Crippen LogP contribution in [0.1, 0.15) is 12.8 Å². The van der Waals surface area contributed by atoms with Gasteiger partial charge in [-0.05, 0) is 45.1 Å². The number of carbonyl (C=O) groups is 1. The molecule has 1 fully saturated rings. The highest BCUT2D eigenvalue weighted by Crippen LogP contribution is 2.22. The quantitative estimate of drug-likeness (QED) is 0.834. The molecule has 116 valence electrons. The van der Waals surface area contributed by atoms with Crippen molar-refractivity contribution in [3.8, 4) is 0 Å². The maximum atomic E-state index is 12.1. The van der Waals surface area contributed by atoms with Gasteiger partial charge in [0, 0.05) is 24.2 Å². The molecule has 1 aliphatic rings. The molecule has 1 amide bonds. The lowest BCUT2D eigenvalue weighted by Crippen LogP contribution is -2.44. The summed E-state index contributed by atoms with van der Waals surface area (Å²) in [4.78, 5) is 16.5. The third-order valence-electron chi connectivity index (χ3n) is 3.94. The number of hydrogen-bond acceptors (Lipinski definition) is 4. The first-order chi connectivity index (χ1) is 9.95. The standard InChI is InChI=1S/C15H23ClN4O/c1-19(2)12-5-7-20(8-6-12)10-15(21)18-14-4-3-11(16)9-13(14)17/h3-4,9,12H,5-8,10,17H2,1-2H3,(H,18,21). The average molecular weight is 311 g/mol. The van der Waals surface area contributed by atoms with Crippen molar-refractivity contribution < 1.29 is 4.79 Å². The Kier molecular flexibility index (Phi) is 5.45. The Bertz CT molecular complexity index is 498. The van der Waals surface area contributed by atoms with Crippen molar-refractivity contribution in [2.24, 2.45) is 0 Å². The van der Waals surface area contributed by atoms with Crippen LogP contribution in [-0.4, -0.2) is 55.5 Å². The van der Waals surface area contributed by atoms with Gasteiger partial charge in [0.25, 0.3) is 0 Å². The van der Waals surface area contributed by atoms with E-state index in [2.05, 4.69) is 29.2 Å². The van der Waals surface area contributed by atoms with Crippen molar-refractivity contribution in [3.05, 3.63) is 23.2 Å². The van der Waals surface area contributed by atoms with E-state index in [9.17, 15) is 4.79 Å². The van der Waals surface area contributed by atoms with E-state index in [1.807, 2.05) is 0 Å². The molecule has 0 bridgehead atoms. The highest BCUT2D eigenvalue weighted by Gasteiger charge is 2.22. The molecule has 6 heteroatoms. The summed E-state index contributed by atoms with van der Waals surface area (Å²) >= 11 is 5.84. The molecule has 1 aromatic carbocycles. The Morgan fingerprint density at radius 1 is 1.43 bits per heavy atom. The molecule has 3 N–H and O–H groups in total. The number of nitrogen functional groups attached to an aromatic ring is 1. The minimum Gasteiger partial charge on any atom is -0.397 e. The van der Waals surface area contributed by atoms with E-state index in [1.165, 1.54) is 0 Å². The number of rotatable bonds is 4. The van der Waals surface area contributed by atoms with Crippen molar-refractivity contribution >= 4 is 28.9 Å². The van der Waals surface area contributed by atoms with E-state index < -0.39 is 0 Å². The van der Waals surface area contributed by atoms with E-state index in [0.717, 1.165) is 25.9 Å². The first-order valence-electron chi connectivity index (χ1n) is 7.19. The molecule has 0 unspecified atom stereocenters. The van der Waals surface area contributed by atoms with Crippen molar-refractivity contribution in [1.82, 2.24) is 9.80 Å². The fraction of sp³-hybridized carbons (Fsp3) is 0.533. The minimum atomic E-state index is -0.0349. The van der Waals surface area contributed by atoms with E-state index in [0.29, 0.717) is 29.0 Å². The summed E-state index contributed by atoms with van der Waals surface area (Å²) < 4.78 is 0. The molecule has 5 nitrogen and oxygen atoms in total. The molecule has 1 heterocycles. The molecule has 0 atom stereocenters. The number of likely N-dealkylation sites (tertiary alicyclic amines) is 1. The van der Waals surface area contributed by atoms with Gasteiger partial charge in [0.15, 0.2) is 0 Å². The van der Waals surface area contributed by atoms with Crippen LogP contribution in [0.5, 0.6) is 0 Å². The normalized spacial score (nSPS) is 17.1. The number of carbonyl (C=O) groups excluding carboxylic acids is 1. The fourth-order valence-electron chi connectivity index (χ4n) is 2.63.